The van der Waals surface area contributed by atoms with Gasteiger partial charge in [0.05, 0.1) is 0 Å². The van der Waals surface area contributed by atoms with Crippen LogP contribution < -0.4 is 5.32 Å². The lowest BCUT2D eigenvalue weighted by Crippen LogP contribution is -2.40. The fourth-order valence-corrected chi connectivity index (χ4v) is 0.424. The second-order valence-corrected chi connectivity index (χ2v) is 2.19. The van der Waals surface area contributed by atoms with Gasteiger partial charge in [0.25, 0.3) is 0 Å². The van der Waals surface area contributed by atoms with Crippen LogP contribution in [-0.2, 0) is 9.90 Å². The van der Waals surface area contributed by atoms with Gasteiger partial charge in [0.1, 0.15) is 0 Å². The smallest absolute Gasteiger partial charge is 0.219 e. The molecular weight excluding hydrogens is 106 g/mol. The molecule has 0 rings (SSSR count). The molecule has 0 aliphatic carbocycles. The molecule has 3 nitrogen and oxygen atoms in total. The predicted octanol–water partition coefficient (Wildman–Crippen LogP) is 0.289. The van der Waals surface area contributed by atoms with Gasteiger partial charge in [0.15, 0.2) is 5.72 Å². The van der Waals surface area contributed by atoms with Gasteiger partial charge in [-0.2, -0.15) is 0 Å². The third-order valence-electron chi connectivity index (χ3n) is 0.477. The number of nitrogens with one attached hydrogen (secondary N) is 1. The minimum absolute atomic E-state index is 0.287. The molecule has 0 atom stereocenters. The third kappa shape index (κ3) is 5.43. The Balaban J connectivity index is 3.55. The van der Waals surface area contributed by atoms with E-state index in [1.165, 1.54) is 20.8 Å². The van der Waals surface area contributed by atoms with E-state index in [2.05, 4.69) is 5.32 Å². The van der Waals surface area contributed by atoms with Crippen molar-refractivity contribution in [2.75, 3.05) is 0 Å². The van der Waals surface area contributed by atoms with Crippen LogP contribution >= 0.6 is 0 Å². The van der Waals surface area contributed by atoms with Crippen molar-refractivity contribution in [1.82, 2.24) is 5.32 Å². The van der Waals surface area contributed by atoms with Crippen LogP contribution in [0.2, 0.25) is 0 Å². The summed E-state index contributed by atoms with van der Waals surface area (Å²) >= 11 is 0. The summed E-state index contributed by atoms with van der Waals surface area (Å²) in [4.78, 5) is 10.1. The SMILES string of the molecule is CC(=O)NC(C)(C)[O]. The lowest BCUT2D eigenvalue weighted by atomic mass is 10.3. The number of amides is 1. The maximum absolute atomic E-state index is 10.6. The Morgan fingerprint density at radius 2 is 1.88 bits per heavy atom. The van der Waals surface area contributed by atoms with E-state index in [1.54, 1.807) is 0 Å². The molecule has 0 spiro atoms. The second kappa shape index (κ2) is 2.13. The van der Waals surface area contributed by atoms with Crippen LogP contribution in [0.25, 0.3) is 0 Å². The zero-order chi connectivity index (χ0) is 6.78. The van der Waals surface area contributed by atoms with Crippen LogP contribution in [0.1, 0.15) is 20.8 Å². The maximum atomic E-state index is 10.6. The molecule has 1 N–H and O–H groups in total. The lowest BCUT2D eigenvalue weighted by molar-refractivity contribution is -0.128. The van der Waals surface area contributed by atoms with Crippen molar-refractivity contribution in [3.05, 3.63) is 0 Å². The fraction of sp³-hybridized carbons (Fsp3) is 0.800. The van der Waals surface area contributed by atoms with E-state index in [0.717, 1.165) is 0 Å². The maximum Gasteiger partial charge on any atom is 0.219 e. The van der Waals surface area contributed by atoms with Crippen molar-refractivity contribution in [3.63, 3.8) is 0 Å². The highest BCUT2D eigenvalue weighted by molar-refractivity contribution is 5.73. The quantitative estimate of drug-likeness (QED) is 0.492. The van der Waals surface area contributed by atoms with Crippen molar-refractivity contribution in [2.24, 2.45) is 0 Å². The van der Waals surface area contributed by atoms with Gasteiger partial charge in [0, 0.05) is 6.92 Å². The molecule has 8 heavy (non-hydrogen) atoms. The number of carbonyl (C=O) groups excluding carboxylic acids is 1. The standard InChI is InChI=1S/C5H10NO2/c1-4(7)6-5(2,3)8/h1-3H3,(H,6,7). The minimum Gasteiger partial charge on any atom is -0.326 e. The number of hydrogen-bond acceptors (Lipinski definition) is 1. The molecule has 0 fully saturated rings. The molecular formula is C5H10NO2. The van der Waals surface area contributed by atoms with Crippen LogP contribution in [0.4, 0.5) is 0 Å². The van der Waals surface area contributed by atoms with Crippen molar-refractivity contribution >= 4 is 5.91 Å². The van der Waals surface area contributed by atoms with Crippen molar-refractivity contribution in [3.8, 4) is 0 Å². The Hall–Kier alpha value is -0.570. The summed E-state index contributed by atoms with van der Waals surface area (Å²) in [6, 6.07) is 0. The van der Waals surface area contributed by atoms with Crippen LogP contribution in [0.3, 0.4) is 0 Å². The van der Waals surface area contributed by atoms with Crippen LogP contribution in [0.15, 0.2) is 0 Å². The van der Waals surface area contributed by atoms with E-state index in [1.807, 2.05) is 0 Å². The lowest BCUT2D eigenvalue weighted by Gasteiger charge is -2.13. The Bertz CT molecular complexity index is 93.1. The van der Waals surface area contributed by atoms with Crippen LogP contribution in [-0.4, -0.2) is 11.6 Å². The third-order valence-corrected chi connectivity index (χ3v) is 0.477. The summed E-state index contributed by atoms with van der Waals surface area (Å²) < 4.78 is 0. The van der Waals surface area contributed by atoms with Crippen molar-refractivity contribution < 1.29 is 9.90 Å². The molecule has 0 saturated heterocycles. The van der Waals surface area contributed by atoms with Gasteiger partial charge in [-0.1, -0.05) is 0 Å². The van der Waals surface area contributed by atoms with Gasteiger partial charge in [-0.25, -0.2) is 5.11 Å². The monoisotopic (exact) mass is 116 g/mol. The summed E-state index contributed by atoms with van der Waals surface area (Å²) in [5, 5.41) is 12.8. The molecule has 0 aromatic heterocycles. The zero-order valence-corrected chi connectivity index (χ0v) is 5.32. The molecule has 1 amide bonds. The molecule has 0 heterocycles. The molecule has 0 unspecified atom stereocenters. The van der Waals surface area contributed by atoms with Crippen LogP contribution in [0.5, 0.6) is 0 Å². The Morgan fingerprint density at radius 1 is 1.50 bits per heavy atom. The molecule has 47 valence electrons. The Morgan fingerprint density at radius 3 is 1.88 bits per heavy atom. The van der Waals surface area contributed by atoms with Gasteiger partial charge in [-0.05, 0) is 13.8 Å². The molecule has 0 aliphatic rings. The average molecular weight is 116 g/mol. The van der Waals surface area contributed by atoms with Crippen molar-refractivity contribution in [1.29, 1.82) is 0 Å². The van der Waals surface area contributed by atoms with E-state index >= 15 is 0 Å². The Labute approximate surface area is 48.7 Å². The second-order valence-electron chi connectivity index (χ2n) is 2.19. The van der Waals surface area contributed by atoms with E-state index in [9.17, 15) is 9.90 Å². The highest BCUT2D eigenvalue weighted by atomic mass is 16.3. The molecule has 0 saturated carbocycles. The summed E-state index contributed by atoms with van der Waals surface area (Å²) in [5.41, 5.74) is -1.33. The van der Waals surface area contributed by atoms with E-state index < -0.39 is 5.72 Å². The first-order chi connectivity index (χ1) is 3.42. The van der Waals surface area contributed by atoms with Gasteiger partial charge >= 0.3 is 0 Å². The van der Waals surface area contributed by atoms with Crippen molar-refractivity contribution in [2.45, 2.75) is 26.5 Å². The zero-order valence-electron chi connectivity index (χ0n) is 5.32. The first-order valence-corrected chi connectivity index (χ1v) is 2.41. The van der Waals surface area contributed by atoms with E-state index in [-0.39, 0.29) is 5.91 Å². The summed E-state index contributed by atoms with van der Waals surface area (Å²) in [6.07, 6.45) is 0. The topological polar surface area (TPSA) is 49.0 Å². The average Bonchev–Trinajstić information content (AvgIpc) is 1.21. The number of carbonyl (C=O) groups is 1. The highest BCUT2D eigenvalue weighted by Gasteiger charge is 2.14. The first kappa shape index (κ1) is 7.43. The molecule has 0 aliphatic heterocycles. The number of rotatable bonds is 1. The molecule has 3 heteroatoms. The minimum atomic E-state index is -1.33. The molecule has 1 radical (unpaired) electrons. The number of hydrogen-bond donors (Lipinski definition) is 1. The normalized spacial score (nSPS) is 11.0. The van der Waals surface area contributed by atoms with Crippen LogP contribution in [0, 0.1) is 0 Å². The fourth-order valence-electron chi connectivity index (χ4n) is 0.424. The predicted molar refractivity (Wildman–Crippen MR) is 28.6 cm³/mol. The summed E-state index contributed by atoms with van der Waals surface area (Å²) in [7, 11) is 0. The van der Waals surface area contributed by atoms with Gasteiger partial charge in [-0.15, -0.1) is 0 Å². The van der Waals surface area contributed by atoms with Gasteiger partial charge in [-0.3, -0.25) is 4.79 Å². The highest BCUT2D eigenvalue weighted by Crippen LogP contribution is 1.93. The first-order valence-electron chi connectivity index (χ1n) is 2.41. The summed E-state index contributed by atoms with van der Waals surface area (Å²) in [6.45, 7) is 4.11. The molecule has 0 aromatic carbocycles. The summed E-state index contributed by atoms with van der Waals surface area (Å²) in [5.74, 6) is -0.287. The Kier molecular flexibility index (Phi) is 1.98. The van der Waals surface area contributed by atoms with Gasteiger partial charge in [0.2, 0.25) is 5.91 Å². The molecule has 0 aromatic rings. The van der Waals surface area contributed by atoms with E-state index in [0.29, 0.717) is 0 Å². The molecule has 0 bridgehead atoms. The van der Waals surface area contributed by atoms with E-state index in [4.69, 9.17) is 0 Å². The van der Waals surface area contributed by atoms with Gasteiger partial charge < -0.3 is 5.32 Å². The largest absolute Gasteiger partial charge is 0.326 e.